The zero-order chi connectivity index (χ0) is 27.2. The zero-order valence-corrected chi connectivity index (χ0v) is 22.3. The van der Waals surface area contributed by atoms with Gasteiger partial charge in [0.05, 0.1) is 26.5 Å². The molecule has 0 saturated carbocycles. The second-order valence-electron chi connectivity index (χ2n) is 9.41. The van der Waals surface area contributed by atoms with Crippen molar-refractivity contribution in [3.8, 4) is 11.5 Å². The second kappa shape index (κ2) is 12.0. The number of furan rings is 1. The SMILES string of the molecule is CCC[C@@H](c1nnnn1Cc1ccco1)N(Cc1ccc(OC)cc1)Cc1cc2cc(OC)ccc2[nH]c1=O. The van der Waals surface area contributed by atoms with Crippen LogP contribution in [0.25, 0.3) is 10.9 Å². The van der Waals surface area contributed by atoms with E-state index in [1.54, 1.807) is 25.2 Å². The molecule has 5 rings (SSSR count). The predicted octanol–water partition coefficient (Wildman–Crippen LogP) is 4.72. The fourth-order valence-electron chi connectivity index (χ4n) is 4.80. The quantitative estimate of drug-likeness (QED) is 0.248. The fraction of sp³-hybridized carbons (Fsp3) is 0.310. The standard InChI is InChI=1S/C29H32N6O4/c1-4-6-27(28-31-32-33-35(28)19-25-7-5-14-39-25)34(17-20-8-10-23(37-2)11-9-20)18-22-15-21-16-24(38-3)12-13-26(21)30-29(22)36/h5,7-16,27H,4,6,17-19H2,1-3H3,(H,30,36)/t27-/m0/s1. The maximum absolute atomic E-state index is 13.2. The average Bonchev–Trinajstić information content (AvgIpc) is 3.64. The van der Waals surface area contributed by atoms with Crippen LogP contribution in [0.4, 0.5) is 0 Å². The predicted molar refractivity (Wildman–Crippen MR) is 147 cm³/mol. The van der Waals surface area contributed by atoms with Gasteiger partial charge in [0, 0.05) is 29.6 Å². The summed E-state index contributed by atoms with van der Waals surface area (Å²) in [4.78, 5) is 18.5. The Balaban J connectivity index is 1.54. The number of rotatable bonds is 12. The van der Waals surface area contributed by atoms with E-state index in [1.807, 2.05) is 60.7 Å². The molecule has 0 bridgehead atoms. The lowest BCUT2D eigenvalue weighted by Gasteiger charge is -2.31. The molecule has 3 aromatic heterocycles. The van der Waals surface area contributed by atoms with Gasteiger partial charge in [-0.2, -0.15) is 0 Å². The van der Waals surface area contributed by atoms with Gasteiger partial charge in [-0.25, -0.2) is 4.68 Å². The summed E-state index contributed by atoms with van der Waals surface area (Å²) in [5, 5.41) is 13.6. The van der Waals surface area contributed by atoms with E-state index in [1.165, 1.54) is 0 Å². The smallest absolute Gasteiger partial charge is 0.252 e. The Hall–Kier alpha value is -4.44. The summed E-state index contributed by atoms with van der Waals surface area (Å²) < 4.78 is 18.1. The van der Waals surface area contributed by atoms with Crippen molar-refractivity contribution in [3.63, 3.8) is 0 Å². The van der Waals surface area contributed by atoms with E-state index in [0.29, 0.717) is 25.2 Å². The van der Waals surface area contributed by atoms with Crippen LogP contribution < -0.4 is 15.0 Å². The van der Waals surface area contributed by atoms with E-state index in [-0.39, 0.29) is 11.6 Å². The van der Waals surface area contributed by atoms with Gasteiger partial charge in [-0.3, -0.25) is 9.69 Å². The molecule has 0 fully saturated rings. The molecule has 1 N–H and O–H groups in total. The largest absolute Gasteiger partial charge is 0.497 e. The minimum absolute atomic E-state index is 0.127. The normalized spacial score (nSPS) is 12.2. The molecule has 0 aliphatic carbocycles. The third-order valence-electron chi connectivity index (χ3n) is 6.79. The monoisotopic (exact) mass is 528 g/mol. The molecule has 3 heterocycles. The molecule has 2 aromatic carbocycles. The van der Waals surface area contributed by atoms with Gasteiger partial charge in [0.2, 0.25) is 0 Å². The molecule has 202 valence electrons. The molecule has 0 spiro atoms. The Kier molecular flexibility index (Phi) is 8.02. The number of fused-ring (bicyclic) bond motifs is 1. The highest BCUT2D eigenvalue weighted by Gasteiger charge is 2.27. The Bertz CT molecular complexity index is 1560. The van der Waals surface area contributed by atoms with Crippen molar-refractivity contribution in [1.82, 2.24) is 30.1 Å². The van der Waals surface area contributed by atoms with Crippen molar-refractivity contribution in [2.45, 2.75) is 45.4 Å². The third kappa shape index (κ3) is 6.01. The summed E-state index contributed by atoms with van der Waals surface area (Å²) in [6.07, 6.45) is 3.34. The van der Waals surface area contributed by atoms with Gasteiger partial charge < -0.3 is 18.9 Å². The van der Waals surface area contributed by atoms with E-state index in [0.717, 1.165) is 52.4 Å². The highest BCUT2D eigenvalue weighted by atomic mass is 16.5. The van der Waals surface area contributed by atoms with Crippen LogP contribution in [0, 0.1) is 0 Å². The average molecular weight is 529 g/mol. The number of aromatic amines is 1. The van der Waals surface area contributed by atoms with Gasteiger partial charge >= 0.3 is 0 Å². The lowest BCUT2D eigenvalue weighted by Crippen LogP contribution is -2.32. The molecule has 5 aromatic rings. The Labute approximate surface area is 226 Å². The van der Waals surface area contributed by atoms with Crippen LogP contribution >= 0.6 is 0 Å². The summed E-state index contributed by atoms with van der Waals surface area (Å²) in [7, 11) is 3.28. The number of nitrogens with zero attached hydrogens (tertiary/aromatic N) is 5. The van der Waals surface area contributed by atoms with E-state index < -0.39 is 0 Å². The number of ether oxygens (including phenoxy) is 2. The zero-order valence-electron chi connectivity index (χ0n) is 22.3. The van der Waals surface area contributed by atoms with Crippen LogP contribution in [0.5, 0.6) is 11.5 Å². The highest BCUT2D eigenvalue weighted by Crippen LogP contribution is 2.29. The van der Waals surface area contributed by atoms with Crippen molar-refractivity contribution in [1.29, 1.82) is 0 Å². The van der Waals surface area contributed by atoms with Gasteiger partial charge in [0.15, 0.2) is 5.82 Å². The number of benzene rings is 2. The molecule has 39 heavy (non-hydrogen) atoms. The number of hydrogen-bond acceptors (Lipinski definition) is 8. The summed E-state index contributed by atoms with van der Waals surface area (Å²) in [5.74, 6) is 3.01. The number of tetrazole rings is 1. The number of H-pyrrole nitrogens is 1. The number of nitrogens with one attached hydrogen (secondary N) is 1. The molecule has 10 heteroatoms. The third-order valence-corrected chi connectivity index (χ3v) is 6.79. The molecule has 0 saturated heterocycles. The van der Waals surface area contributed by atoms with Gasteiger partial charge in [0.1, 0.15) is 23.8 Å². The second-order valence-corrected chi connectivity index (χ2v) is 9.41. The number of aromatic nitrogens is 5. The van der Waals surface area contributed by atoms with Crippen LogP contribution in [0.3, 0.4) is 0 Å². The van der Waals surface area contributed by atoms with Crippen LogP contribution in [-0.4, -0.2) is 44.3 Å². The minimum atomic E-state index is -0.150. The van der Waals surface area contributed by atoms with E-state index in [2.05, 4.69) is 32.3 Å². The van der Waals surface area contributed by atoms with Gasteiger partial charge in [0.25, 0.3) is 5.56 Å². The maximum Gasteiger partial charge on any atom is 0.252 e. The lowest BCUT2D eigenvalue weighted by molar-refractivity contribution is 0.155. The van der Waals surface area contributed by atoms with Gasteiger partial charge in [-0.05, 0) is 70.9 Å². The first-order valence-electron chi connectivity index (χ1n) is 12.9. The molecule has 1 atom stereocenters. The highest BCUT2D eigenvalue weighted by molar-refractivity contribution is 5.80. The van der Waals surface area contributed by atoms with Crippen LogP contribution in [0.2, 0.25) is 0 Å². The Morgan fingerprint density at radius 3 is 2.54 bits per heavy atom. The minimum Gasteiger partial charge on any atom is -0.497 e. The number of hydrogen-bond donors (Lipinski definition) is 1. The van der Waals surface area contributed by atoms with Gasteiger partial charge in [-0.1, -0.05) is 25.5 Å². The lowest BCUT2D eigenvalue weighted by atomic mass is 10.1. The first-order valence-corrected chi connectivity index (χ1v) is 12.9. The van der Waals surface area contributed by atoms with Crippen LogP contribution in [0.15, 0.2) is 76.1 Å². The summed E-state index contributed by atoms with van der Waals surface area (Å²) >= 11 is 0. The fourth-order valence-corrected chi connectivity index (χ4v) is 4.80. The summed E-state index contributed by atoms with van der Waals surface area (Å²) in [5.41, 5.74) is 2.37. The van der Waals surface area contributed by atoms with E-state index in [9.17, 15) is 4.79 Å². The number of methoxy groups -OCH3 is 2. The topological polar surface area (TPSA) is 111 Å². The first kappa shape index (κ1) is 26.2. The molecule has 10 nitrogen and oxygen atoms in total. The van der Waals surface area contributed by atoms with Crippen molar-refractivity contribution in [3.05, 3.63) is 100.0 Å². The van der Waals surface area contributed by atoms with Crippen molar-refractivity contribution < 1.29 is 13.9 Å². The molecule has 0 aliphatic heterocycles. The van der Waals surface area contributed by atoms with E-state index >= 15 is 0 Å². The Morgan fingerprint density at radius 1 is 1.03 bits per heavy atom. The summed E-state index contributed by atoms with van der Waals surface area (Å²) in [6, 6.07) is 19.1. The van der Waals surface area contributed by atoms with E-state index in [4.69, 9.17) is 13.9 Å². The molecular formula is C29H32N6O4. The first-order chi connectivity index (χ1) is 19.1. The molecular weight excluding hydrogens is 496 g/mol. The van der Waals surface area contributed by atoms with Crippen molar-refractivity contribution in [2.75, 3.05) is 14.2 Å². The summed E-state index contributed by atoms with van der Waals surface area (Å²) in [6.45, 7) is 3.53. The van der Waals surface area contributed by atoms with Crippen molar-refractivity contribution in [2.24, 2.45) is 0 Å². The molecule has 0 radical (unpaired) electrons. The Morgan fingerprint density at radius 2 is 1.82 bits per heavy atom. The van der Waals surface area contributed by atoms with Gasteiger partial charge in [-0.15, -0.1) is 5.10 Å². The van der Waals surface area contributed by atoms with Crippen LogP contribution in [0.1, 0.15) is 48.5 Å². The number of pyridine rings is 1. The molecule has 0 unspecified atom stereocenters. The van der Waals surface area contributed by atoms with Crippen LogP contribution in [-0.2, 0) is 19.6 Å². The molecule has 0 aliphatic rings. The maximum atomic E-state index is 13.2. The molecule has 0 amide bonds. The van der Waals surface area contributed by atoms with Crippen molar-refractivity contribution >= 4 is 10.9 Å².